The Morgan fingerprint density at radius 2 is 2.05 bits per heavy atom. The third-order valence-electron chi connectivity index (χ3n) is 3.38. The molecule has 2 N–H and O–H groups in total. The van der Waals surface area contributed by atoms with Gasteiger partial charge in [-0.05, 0) is 52.9 Å². The average molecular weight is 268 g/mol. The number of phenolic OH excluding ortho intramolecular Hbond substituents is 1. The molecule has 0 atom stereocenters. The first-order valence-corrected chi connectivity index (χ1v) is 6.89. The first kappa shape index (κ1) is 15.9. The van der Waals surface area contributed by atoms with Gasteiger partial charge in [0.05, 0.1) is 0 Å². The van der Waals surface area contributed by atoms with Gasteiger partial charge in [0.25, 0.3) is 0 Å². The molecule has 0 radical (unpaired) electrons. The van der Waals surface area contributed by atoms with Gasteiger partial charge in [-0.3, -0.25) is 0 Å². The predicted octanol–water partition coefficient (Wildman–Crippen LogP) is 2.74. The minimum absolute atomic E-state index is 0.241. The summed E-state index contributed by atoms with van der Waals surface area (Å²) in [5.74, 6) is -0.799. The van der Waals surface area contributed by atoms with E-state index in [4.69, 9.17) is 0 Å². The summed E-state index contributed by atoms with van der Waals surface area (Å²) >= 11 is 0. The number of benzene rings is 1. The normalized spacial score (nSPS) is 11.5. The molecule has 0 heterocycles. The fourth-order valence-corrected chi connectivity index (χ4v) is 1.80. The number of hydrogen-bond donors (Lipinski definition) is 2. The summed E-state index contributed by atoms with van der Waals surface area (Å²) in [5, 5.41) is 12.7. The van der Waals surface area contributed by atoms with Crippen molar-refractivity contribution in [2.75, 3.05) is 20.1 Å². The van der Waals surface area contributed by atoms with Gasteiger partial charge in [-0.2, -0.15) is 0 Å². The van der Waals surface area contributed by atoms with Crippen LogP contribution in [0.3, 0.4) is 0 Å². The first-order chi connectivity index (χ1) is 9.02. The van der Waals surface area contributed by atoms with Crippen molar-refractivity contribution in [1.82, 2.24) is 10.2 Å². The molecule has 0 amide bonds. The Labute approximate surface area is 115 Å². The van der Waals surface area contributed by atoms with E-state index in [1.165, 1.54) is 6.07 Å². The molecule has 1 rings (SSSR count). The second kappa shape index (κ2) is 8.12. The second-order valence-corrected chi connectivity index (χ2v) is 5.21. The Bertz CT molecular complexity index is 382. The van der Waals surface area contributed by atoms with Crippen LogP contribution in [-0.4, -0.2) is 36.2 Å². The highest BCUT2D eigenvalue weighted by atomic mass is 19.1. The van der Waals surface area contributed by atoms with E-state index in [1.54, 1.807) is 12.1 Å². The highest BCUT2D eigenvalue weighted by Gasteiger charge is 2.05. The number of hydrogen-bond acceptors (Lipinski definition) is 3. The summed E-state index contributed by atoms with van der Waals surface area (Å²) in [6, 6.07) is 5.19. The molecule has 0 saturated carbocycles. The number of unbranched alkanes of at least 4 members (excludes halogenated alkanes) is 1. The zero-order chi connectivity index (χ0) is 14.3. The van der Waals surface area contributed by atoms with Crippen LogP contribution in [0.5, 0.6) is 5.75 Å². The van der Waals surface area contributed by atoms with Crippen LogP contribution in [0.25, 0.3) is 0 Å². The number of rotatable bonds is 8. The third-order valence-corrected chi connectivity index (χ3v) is 3.38. The number of para-hydroxylation sites is 1. The summed E-state index contributed by atoms with van der Waals surface area (Å²) < 4.78 is 13.1. The van der Waals surface area contributed by atoms with E-state index in [1.807, 2.05) is 0 Å². The van der Waals surface area contributed by atoms with Crippen LogP contribution in [-0.2, 0) is 6.54 Å². The molecule has 0 saturated heterocycles. The molecular formula is C15H25FN2O. The van der Waals surface area contributed by atoms with Gasteiger partial charge in [-0.15, -0.1) is 0 Å². The van der Waals surface area contributed by atoms with Crippen molar-refractivity contribution in [3.8, 4) is 5.75 Å². The minimum Gasteiger partial charge on any atom is -0.505 e. The van der Waals surface area contributed by atoms with Gasteiger partial charge in [0.15, 0.2) is 11.6 Å². The third kappa shape index (κ3) is 5.57. The van der Waals surface area contributed by atoms with E-state index in [0.29, 0.717) is 18.2 Å². The maximum Gasteiger partial charge on any atom is 0.165 e. The standard InChI is InChI=1S/C15H25FN2O/c1-12(2)18(3)10-5-4-9-17-11-13-7-6-8-14(16)15(13)19/h6-8,12,17,19H,4-5,9-11H2,1-3H3. The van der Waals surface area contributed by atoms with Crippen molar-refractivity contribution in [2.45, 2.75) is 39.3 Å². The van der Waals surface area contributed by atoms with Gasteiger partial charge in [-0.1, -0.05) is 12.1 Å². The lowest BCUT2D eigenvalue weighted by Crippen LogP contribution is -2.27. The number of halogens is 1. The molecule has 3 nitrogen and oxygen atoms in total. The molecule has 0 unspecified atom stereocenters. The van der Waals surface area contributed by atoms with Gasteiger partial charge < -0.3 is 15.3 Å². The molecule has 1 aromatic carbocycles. The van der Waals surface area contributed by atoms with Gasteiger partial charge in [0.2, 0.25) is 0 Å². The molecule has 0 bridgehead atoms. The molecule has 0 aliphatic rings. The summed E-state index contributed by atoms with van der Waals surface area (Å²) in [6.45, 7) is 6.84. The van der Waals surface area contributed by atoms with Crippen LogP contribution in [0.15, 0.2) is 18.2 Å². The Kier molecular flexibility index (Phi) is 6.81. The number of nitrogens with one attached hydrogen (secondary N) is 1. The number of nitrogens with zero attached hydrogens (tertiary/aromatic N) is 1. The van der Waals surface area contributed by atoms with Crippen molar-refractivity contribution in [2.24, 2.45) is 0 Å². The number of aromatic hydroxyl groups is 1. The fourth-order valence-electron chi connectivity index (χ4n) is 1.80. The van der Waals surface area contributed by atoms with Gasteiger partial charge >= 0.3 is 0 Å². The van der Waals surface area contributed by atoms with Crippen molar-refractivity contribution < 1.29 is 9.50 Å². The van der Waals surface area contributed by atoms with Crippen molar-refractivity contribution in [3.05, 3.63) is 29.6 Å². The Hall–Kier alpha value is -1.13. The van der Waals surface area contributed by atoms with E-state index in [0.717, 1.165) is 25.9 Å². The van der Waals surface area contributed by atoms with Crippen LogP contribution < -0.4 is 5.32 Å². The van der Waals surface area contributed by atoms with Crippen LogP contribution in [0.2, 0.25) is 0 Å². The summed E-state index contributed by atoms with van der Waals surface area (Å²) in [6.07, 6.45) is 2.21. The Morgan fingerprint density at radius 3 is 2.74 bits per heavy atom. The molecule has 0 aliphatic heterocycles. The van der Waals surface area contributed by atoms with Gasteiger partial charge in [0, 0.05) is 18.2 Å². The van der Waals surface area contributed by atoms with E-state index < -0.39 is 5.82 Å². The molecule has 0 spiro atoms. The summed E-state index contributed by atoms with van der Waals surface area (Å²) in [4.78, 5) is 2.32. The molecule has 0 aliphatic carbocycles. The first-order valence-electron chi connectivity index (χ1n) is 6.89. The average Bonchev–Trinajstić information content (AvgIpc) is 2.37. The maximum absolute atomic E-state index is 13.1. The molecule has 0 aromatic heterocycles. The van der Waals surface area contributed by atoms with Crippen LogP contribution in [0, 0.1) is 5.82 Å². The molecular weight excluding hydrogens is 243 g/mol. The second-order valence-electron chi connectivity index (χ2n) is 5.21. The van der Waals surface area contributed by atoms with Crippen LogP contribution in [0.1, 0.15) is 32.3 Å². The van der Waals surface area contributed by atoms with Crippen molar-refractivity contribution in [3.63, 3.8) is 0 Å². The number of phenols is 1. The van der Waals surface area contributed by atoms with E-state index >= 15 is 0 Å². The maximum atomic E-state index is 13.1. The van der Waals surface area contributed by atoms with E-state index in [-0.39, 0.29) is 5.75 Å². The molecule has 108 valence electrons. The SMILES string of the molecule is CC(C)N(C)CCCCNCc1cccc(F)c1O. The zero-order valence-corrected chi connectivity index (χ0v) is 12.1. The lowest BCUT2D eigenvalue weighted by atomic mass is 10.2. The quantitative estimate of drug-likeness (QED) is 0.712. The highest BCUT2D eigenvalue weighted by Crippen LogP contribution is 2.20. The largest absolute Gasteiger partial charge is 0.505 e. The van der Waals surface area contributed by atoms with Gasteiger partial charge in [0.1, 0.15) is 0 Å². The lowest BCUT2D eigenvalue weighted by molar-refractivity contribution is 0.268. The van der Waals surface area contributed by atoms with E-state index in [2.05, 4.69) is 31.1 Å². The van der Waals surface area contributed by atoms with Gasteiger partial charge in [-0.25, -0.2) is 4.39 Å². The van der Waals surface area contributed by atoms with Crippen molar-refractivity contribution >= 4 is 0 Å². The fraction of sp³-hybridized carbons (Fsp3) is 0.600. The summed E-state index contributed by atoms with van der Waals surface area (Å²) in [5.41, 5.74) is 0.610. The lowest BCUT2D eigenvalue weighted by Gasteiger charge is -2.20. The topological polar surface area (TPSA) is 35.5 Å². The van der Waals surface area contributed by atoms with Crippen LogP contribution in [0.4, 0.5) is 4.39 Å². The smallest absolute Gasteiger partial charge is 0.165 e. The Balaban J connectivity index is 2.16. The molecule has 1 aromatic rings. The van der Waals surface area contributed by atoms with E-state index in [9.17, 15) is 9.50 Å². The molecule has 0 fully saturated rings. The monoisotopic (exact) mass is 268 g/mol. The van der Waals surface area contributed by atoms with Crippen molar-refractivity contribution in [1.29, 1.82) is 0 Å². The molecule has 19 heavy (non-hydrogen) atoms. The summed E-state index contributed by atoms with van der Waals surface area (Å²) in [7, 11) is 2.13. The Morgan fingerprint density at radius 1 is 1.32 bits per heavy atom. The predicted molar refractivity (Wildman–Crippen MR) is 76.8 cm³/mol. The minimum atomic E-state index is -0.558. The highest BCUT2D eigenvalue weighted by molar-refractivity contribution is 5.33. The van der Waals surface area contributed by atoms with Crippen LogP contribution >= 0.6 is 0 Å². The molecule has 4 heteroatoms. The zero-order valence-electron chi connectivity index (χ0n) is 12.1.